The molecular formula is C37H45N5O11S. The van der Waals surface area contributed by atoms with Crippen molar-refractivity contribution in [3.63, 3.8) is 0 Å². The van der Waals surface area contributed by atoms with Crippen LogP contribution in [0, 0.1) is 28.9 Å². The molecule has 0 spiro atoms. The lowest BCUT2D eigenvalue weighted by Crippen LogP contribution is -2.57. The zero-order valence-corrected chi connectivity index (χ0v) is 31.5. The molecule has 0 saturated carbocycles. The lowest BCUT2D eigenvalue weighted by atomic mass is 9.97. The van der Waals surface area contributed by atoms with Gasteiger partial charge in [-0.05, 0) is 60.6 Å². The van der Waals surface area contributed by atoms with Gasteiger partial charge in [0.15, 0.2) is 11.5 Å². The molecule has 0 aliphatic carbocycles. The third kappa shape index (κ3) is 8.75. The molecule has 3 N–H and O–H groups in total. The van der Waals surface area contributed by atoms with Gasteiger partial charge in [-0.3, -0.25) is 24.6 Å². The van der Waals surface area contributed by atoms with Crippen LogP contribution in [0.4, 0.5) is 10.5 Å². The second-order valence-corrected chi connectivity index (χ2v) is 16.1. The molecule has 3 aromatic rings. The van der Waals surface area contributed by atoms with E-state index in [0.717, 1.165) is 19.7 Å². The molecule has 3 aromatic carbocycles. The van der Waals surface area contributed by atoms with Crippen LogP contribution in [-0.4, -0.2) is 100 Å². The lowest BCUT2D eigenvalue weighted by molar-refractivity contribution is -0.385. The molecule has 0 unspecified atom stereocenters. The van der Waals surface area contributed by atoms with Crippen LogP contribution >= 0.6 is 0 Å². The van der Waals surface area contributed by atoms with Crippen LogP contribution in [0.5, 0.6) is 17.2 Å². The van der Waals surface area contributed by atoms with E-state index in [1.165, 1.54) is 30.3 Å². The minimum Gasteiger partial charge on any atom is -0.508 e. The topological polar surface area (TPSA) is 209 Å². The summed E-state index contributed by atoms with van der Waals surface area (Å²) in [7, 11) is -4.17. The Morgan fingerprint density at radius 3 is 2.30 bits per heavy atom. The van der Waals surface area contributed by atoms with Gasteiger partial charge in [-0.25, -0.2) is 13.2 Å². The highest BCUT2D eigenvalue weighted by atomic mass is 32.2. The van der Waals surface area contributed by atoms with E-state index in [1.54, 1.807) is 51.1 Å². The fourth-order valence-electron chi connectivity index (χ4n) is 6.55. The lowest BCUT2D eigenvalue weighted by Gasteiger charge is -2.34. The Kier molecular flexibility index (Phi) is 12.1. The third-order valence-electron chi connectivity index (χ3n) is 9.27. The molecule has 4 amide bonds. The first-order valence-electron chi connectivity index (χ1n) is 17.5. The molecule has 1 fully saturated rings. The van der Waals surface area contributed by atoms with E-state index in [-0.39, 0.29) is 59.1 Å². The van der Waals surface area contributed by atoms with E-state index in [4.69, 9.17) is 9.47 Å². The Morgan fingerprint density at radius 1 is 1.02 bits per heavy atom. The molecule has 2 aliphatic heterocycles. The molecule has 0 aromatic heterocycles. The quantitative estimate of drug-likeness (QED) is 0.109. The van der Waals surface area contributed by atoms with Crippen LogP contribution in [0.3, 0.4) is 0 Å². The number of phenolic OH excluding ortho intramolecular Hbond substituents is 1. The Bertz CT molecular complexity index is 2010. The number of carbonyl (C=O) groups is 3. The Labute approximate surface area is 313 Å². The molecular weight excluding hydrogens is 722 g/mol. The molecule has 5 rings (SSSR count). The van der Waals surface area contributed by atoms with Crippen LogP contribution in [0.1, 0.15) is 44.4 Å². The second kappa shape index (κ2) is 16.4. The van der Waals surface area contributed by atoms with E-state index in [1.807, 2.05) is 13.8 Å². The summed E-state index contributed by atoms with van der Waals surface area (Å²) in [6, 6.07) is 12.3. The molecule has 0 bridgehead atoms. The number of rotatable bonds is 16. The number of nitrogens with zero attached hydrogens (tertiary/aromatic N) is 4. The van der Waals surface area contributed by atoms with Gasteiger partial charge in [-0.1, -0.05) is 58.0 Å². The number of hydrogen-bond donors (Lipinski definition) is 3. The third-order valence-corrected chi connectivity index (χ3v) is 11.1. The van der Waals surface area contributed by atoms with Crippen molar-refractivity contribution in [1.29, 1.82) is 0 Å². The first-order chi connectivity index (χ1) is 25.5. The summed E-state index contributed by atoms with van der Waals surface area (Å²) in [6.07, 6.45) is -1.34. The number of aromatic hydroxyl groups is 1. The van der Waals surface area contributed by atoms with Crippen molar-refractivity contribution in [3.05, 3.63) is 87.5 Å². The van der Waals surface area contributed by atoms with E-state index in [2.05, 4.69) is 5.32 Å². The highest BCUT2D eigenvalue weighted by Crippen LogP contribution is 2.39. The molecule has 1 saturated heterocycles. The van der Waals surface area contributed by atoms with Crippen LogP contribution in [0.25, 0.3) is 0 Å². The first-order valence-corrected chi connectivity index (χ1v) is 18.9. The van der Waals surface area contributed by atoms with Gasteiger partial charge in [0.25, 0.3) is 11.6 Å². The molecule has 290 valence electrons. The van der Waals surface area contributed by atoms with Crippen molar-refractivity contribution >= 4 is 33.6 Å². The first kappa shape index (κ1) is 39.9. The predicted molar refractivity (Wildman–Crippen MR) is 195 cm³/mol. The molecule has 17 heteroatoms. The van der Waals surface area contributed by atoms with E-state index >= 15 is 0 Å². The predicted octanol–water partition coefficient (Wildman–Crippen LogP) is 3.56. The number of hydrogen-bond acceptors (Lipinski definition) is 11. The van der Waals surface area contributed by atoms with Crippen molar-refractivity contribution in [2.75, 3.05) is 26.4 Å². The number of nitro groups is 1. The van der Waals surface area contributed by atoms with Crippen LogP contribution in [0.15, 0.2) is 65.6 Å². The number of nitrogens with one attached hydrogen (secondary N) is 1. The zero-order chi connectivity index (χ0) is 39.5. The number of carbonyl (C=O) groups excluding carboxylic acids is 3. The Hall–Kier alpha value is -5.26. The number of fused-ring (bicyclic) bond motifs is 1. The summed E-state index contributed by atoms with van der Waals surface area (Å²) in [5.74, 6) is -1.71. The summed E-state index contributed by atoms with van der Waals surface area (Å²) in [5.41, 5.74) is 0.757. The molecule has 54 heavy (non-hydrogen) atoms. The van der Waals surface area contributed by atoms with E-state index in [9.17, 15) is 43.1 Å². The summed E-state index contributed by atoms with van der Waals surface area (Å²) >= 11 is 0. The minimum atomic E-state index is -4.17. The Balaban J connectivity index is 1.40. The van der Waals surface area contributed by atoms with Gasteiger partial charge >= 0.3 is 6.03 Å². The summed E-state index contributed by atoms with van der Waals surface area (Å²) in [5, 5.41) is 36.5. The highest BCUT2D eigenvalue weighted by molar-refractivity contribution is 7.89. The minimum absolute atomic E-state index is 0.0350. The monoisotopic (exact) mass is 767 g/mol. The maximum Gasteiger partial charge on any atom is 0.328 e. The van der Waals surface area contributed by atoms with E-state index in [0.29, 0.717) is 5.56 Å². The number of nitro benzene ring substituents is 1. The molecule has 0 radical (unpaired) electrons. The summed E-state index contributed by atoms with van der Waals surface area (Å²) < 4.78 is 39.5. The van der Waals surface area contributed by atoms with Gasteiger partial charge in [0.05, 0.1) is 40.1 Å². The Morgan fingerprint density at radius 2 is 1.69 bits per heavy atom. The molecule has 2 aliphatic rings. The van der Waals surface area contributed by atoms with Gasteiger partial charge in [-0.15, -0.1) is 0 Å². The number of benzene rings is 3. The second-order valence-electron chi connectivity index (χ2n) is 14.2. The number of imide groups is 1. The number of ether oxygens (including phenoxy) is 2. The maximum atomic E-state index is 14.2. The van der Waals surface area contributed by atoms with Crippen LogP contribution in [-0.2, 0) is 32.6 Å². The van der Waals surface area contributed by atoms with Crippen LogP contribution < -0.4 is 14.8 Å². The van der Waals surface area contributed by atoms with E-state index < -0.39 is 76.5 Å². The average molecular weight is 768 g/mol. The van der Waals surface area contributed by atoms with Crippen molar-refractivity contribution < 1.29 is 47.4 Å². The molecule has 16 nitrogen and oxygen atoms in total. The molecule has 2 heterocycles. The number of aryl methyl sites for hydroxylation is 1. The van der Waals surface area contributed by atoms with Crippen molar-refractivity contribution in [2.45, 2.75) is 70.7 Å². The summed E-state index contributed by atoms with van der Waals surface area (Å²) in [4.78, 5) is 54.4. The number of sulfonamides is 1. The number of aliphatic hydroxyl groups excluding tert-OH is 1. The van der Waals surface area contributed by atoms with Crippen molar-refractivity contribution in [1.82, 2.24) is 19.4 Å². The van der Waals surface area contributed by atoms with Gasteiger partial charge in [0.2, 0.25) is 22.7 Å². The van der Waals surface area contributed by atoms with Gasteiger partial charge < -0.3 is 29.9 Å². The molecule has 3 atom stereocenters. The highest BCUT2D eigenvalue weighted by Gasteiger charge is 2.45. The standard InChI is InChI=1S/C37H45N5O11S/c1-22(2)17-39(54(50,51)27-11-12-30(43)24(5)13-27)19-31(44)28(14-25-9-7-6-8-10-25)38-36(46)35(23(3)4)41-20-34(45)40(37(41)47)18-26-15-32-33(53-21-52-32)16-29(26)42(48)49/h6-13,15-16,22-23,28,31,35,43-44H,14,17-21H2,1-5H3,(H,38,46)/t28-,31-,35-/m0/s1. The number of aliphatic hydroxyl groups is 1. The number of phenols is 1. The summed E-state index contributed by atoms with van der Waals surface area (Å²) in [6.45, 7) is 7.18. The smallest absolute Gasteiger partial charge is 0.328 e. The number of amides is 4. The van der Waals surface area contributed by atoms with Crippen molar-refractivity contribution in [2.24, 2.45) is 11.8 Å². The van der Waals surface area contributed by atoms with Gasteiger partial charge in [0.1, 0.15) is 18.3 Å². The largest absolute Gasteiger partial charge is 0.508 e. The average Bonchev–Trinajstić information content (AvgIpc) is 3.67. The SMILES string of the molecule is Cc1cc(S(=O)(=O)N(CC(C)C)C[C@H](O)[C@H](Cc2ccccc2)NC(=O)[C@H](C(C)C)N2CC(=O)N(Cc3cc4c(cc3[N+](=O)[O-])OCO4)C2=O)ccc1O. The van der Waals surface area contributed by atoms with Crippen LogP contribution in [0.2, 0.25) is 0 Å². The normalized spacial score (nSPS) is 16.0. The maximum absolute atomic E-state index is 14.2. The van der Waals surface area contributed by atoms with Crippen molar-refractivity contribution in [3.8, 4) is 17.2 Å². The fraction of sp³-hybridized carbons (Fsp3) is 0.432. The fourth-order valence-corrected chi connectivity index (χ4v) is 8.26. The number of urea groups is 1. The zero-order valence-electron chi connectivity index (χ0n) is 30.7. The van der Waals surface area contributed by atoms with Gasteiger partial charge in [0, 0.05) is 13.1 Å². The van der Waals surface area contributed by atoms with Gasteiger partial charge in [-0.2, -0.15) is 4.31 Å².